The summed E-state index contributed by atoms with van der Waals surface area (Å²) >= 11 is 0. The maximum Gasteiger partial charge on any atom is 0.273 e. The number of fused-ring (bicyclic) bond motifs is 1. The highest BCUT2D eigenvalue weighted by Gasteiger charge is 2.18. The number of carbonyl (C=O) groups excluding carboxylic acids is 1. The number of nitrogens with one attached hydrogen (secondary N) is 1. The molecule has 0 fully saturated rings. The van der Waals surface area contributed by atoms with Crippen molar-refractivity contribution in [2.24, 2.45) is 5.10 Å². The molecular weight excluding hydrogens is 452 g/mol. The highest BCUT2D eigenvalue weighted by molar-refractivity contribution is 6.03. The predicted octanol–water partition coefficient (Wildman–Crippen LogP) is 4.87. The molecule has 2 aromatic heterocycles. The van der Waals surface area contributed by atoms with Crippen LogP contribution in [-0.2, 0) is 0 Å². The van der Waals surface area contributed by atoms with Crippen molar-refractivity contribution in [3.63, 3.8) is 0 Å². The second kappa shape index (κ2) is 9.38. The minimum atomic E-state index is -0.401. The molecule has 3 aromatic carbocycles. The molecule has 5 rings (SSSR count). The van der Waals surface area contributed by atoms with Gasteiger partial charge in [0.1, 0.15) is 0 Å². The van der Waals surface area contributed by atoms with Gasteiger partial charge in [-0.15, -0.1) is 0 Å². The summed E-state index contributed by atoms with van der Waals surface area (Å²) < 4.78 is 3.12. The van der Waals surface area contributed by atoms with Gasteiger partial charge in [-0.3, -0.25) is 9.59 Å². The zero-order valence-electron chi connectivity index (χ0n) is 19.8. The molecule has 2 N–H and O–H groups in total. The highest BCUT2D eigenvalue weighted by Crippen LogP contribution is 2.27. The minimum Gasteiger partial charge on any atom is -0.494 e. The summed E-state index contributed by atoms with van der Waals surface area (Å²) in [5.74, 6) is -0.654. The van der Waals surface area contributed by atoms with Gasteiger partial charge in [-0.1, -0.05) is 48.0 Å². The van der Waals surface area contributed by atoms with E-state index in [1.807, 2.05) is 67.2 Å². The van der Waals surface area contributed by atoms with Gasteiger partial charge in [0, 0.05) is 23.2 Å². The Kier molecular flexibility index (Phi) is 5.96. The van der Waals surface area contributed by atoms with Crippen LogP contribution in [0.3, 0.4) is 0 Å². The van der Waals surface area contributed by atoms with Crippen LogP contribution in [0.4, 0.5) is 0 Å². The Bertz CT molecular complexity index is 1680. The van der Waals surface area contributed by atoms with E-state index in [0.717, 1.165) is 11.1 Å². The first-order chi connectivity index (χ1) is 17.5. The van der Waals surface area contributed by atoms with Crippen LogP contribution in [0.25, 0.3) is 22.1 Å². The van der Waals surface area contributed by atoms with Crippen molar-refractivity contribution in [1.29, 1.82) is 0 Å². The first-order valence-electron chi connectivity index (χ1n) is 11.5. The molecule has 7 heteroatoms. The zero-order valence-corrected chi connectivity index (χ0v) is 19.8. The second-order valence-corrected chi connectivity index (χ2v) is 8.52. The quantitative estimate of drug-likeness (QED) is 0.280. The Morgan fingerprint density at radius 2 is 1.58 bits per heavy atom. The Morgan fingerprint density at radius 3 is 2.33 bits per heavy atom. The molecule has 0 aliphatic heterocycles. The third-order valence-electron chi connectivity index (χ3n) is 6.09. The summed E-state index contributed by atoms with van der Waals surface area (Å²) in [6.45, 7) is 3.86. The standard InChI is InChI=1S/C29H24N4O3/c1-19-13-14-25(20(2)17-19)33-28(35)22-10-4-3-9-21(22)24(29(33)36)18-30-31-27(34)23-11-5-6-12-26(23)32-15-7-8-16-32/h3-18,36H,1-2H3,(H,31,34). The normalized spacial score (nSPS) is 11.3. The summed E-state index contributed by atoms with van der Waals surface area (Å²) in [6, 6.07) is 23.6. The number of hydrogen-bond acceptors (Lipinski definition) is 4. The third-order valence-corrected chi connectivity index (χ3v) is 6.09. The SMILES string of the molecule is Cc1ccc(-n2c(O)c(C=NNC(=O)c3ccccc3-n3cccc3)c3ccccc3c2=O)c(C)c1. The highest BCUT2D eigenvalue weighted by atomic mass is 16.3. The van der Waals surface area contributed by atoms with Crippen LogP contribution >= 0.6 is 0 Å². The molecule has 0 saturated carbocycles. The molecule has 0 unspecified atom stereocenters. The van der Waals surface area contributed by atoms with Crippen LogP contribution in [-0.4, -0.2) is 26.4 Å². The number of nitrogens with zero attached hydrogens (tertiary/aromatic N) is 3. The first kappa shape index (κ1) is 22.9. The fourth-order valence-corrected chi connectivity index (χ4v) is 4.37. The van der Waals surface area contributed by atoms with Gasteiger partial charge in [-0.2, -0.15) is 5.10 Å². The lowest BCUT2D eigenvalue weighted by Crippen LogP contribution is -2.22. The number of carbonyl (C=O) groups is 1. The van der Waals surface area contributed by atoms with Gasteiger partial charge in [-0.05, 0) is 55.8 Å². The van der Waals surface area contributed by atoms with Gasteiger partial charge < -0.3 is 9.67 Å². The van der Waals surface area contributed by atoms with Crippen molar-refractivity contribution >= 4 is 22.9 Å². The predicted molar refractivity (Wildman–Crippen MR) is 142 cm³/mol. The number of aromatic nitrogens is 2. The van der Waals surface area contributed by atoms with Crippen molar-refractivity contribution in [3.8, 4) is 17.3 Å². The maximum atomic E-state index is 13.3. The summed E-state index contributed by atoms with van der Waals surface area (Å²) in [7, 11) is 0. The van der Waals surface area contributed by atoms with Crippen LogP contribution in [0.5, 0.6) is 5.88 Å². The Hall–Kier alpha value is -4.91. The molecule has 0 radical (unpaired) electrons. The molecule has 1 amide bonds. The van der Waals surface area contributed by atoms with Crippen molar-refractivity contribution in [1.82, 2.24) is 14.6 Å². The number of hydrogen-bond donors (Lipinski definition) is 2. The molecule has 0 atom stereocenters. The lowest BCUT2D eigenvalue weighted by Gasteiger charge is -2.16. The van der Waals surface area contributed by atoms with E-state index in [4.69, 9.17) is 0 Å². The van der Waals surface area contributed by atoms with E-state index < -0.39 is 5.91 Å². The second-order valence-electron chi connectivity index (χ2n) is 8.52. The van der Waals surface area contributed by atoms with Gasteiger partial charge in [0.2, 0.25) is 5.88 Å². The topological polar surface area (TPSA) is 88.6 Å². The van der Waals surface area contributed by atoms with Crippen LogP contribution in [0, 0.1) is 13.8 Å². The van der Waals surface area contributed by atoms with E-state index in [0.29, 0.717) is 33.3 Å². The van der Waals surface area contributed by atoms with Crippen molar-refractivity contribution in [2.45, 2.75) is 13.8 Å². The van der Waals surface area contributed by atoms with E-state index in [1.165, 1.54) is 10.8 Å². The third kappa shape index (κ3) is 4.07. The summed E-state index contributed by atoms with van der Waals surface area (Å²) in [5, 5.41) is 16.3. The van der Waals surface area contributed by atoms with E-state index >= 15 is 0 Å². The largest absolute Gasteiger partial charge is 0.494 e. The van der Waals surface area contributed by atoms with Crippen LogP contribution in [0.15, 0.2) is 101 Å². The lowest BCUT2D eigenvalue weighted by molar-refractivity contribution is 0.0955. The van der Waals surface area contributed by atoms with Gasteiger partial charge >= 0.3 is 0 Å². The van der Waals surface area contributed by atoms with E-state index in [1.54, 1.807) is 42.5 Å². The summed E-state index contributed by atoms with van der Waals surface area (Å²) in [5.41, 5.74) is 6.17. The van der Waals surface area contributed by atoms with Gasteiger partial charge in [-0.25, -0.2) is 9.99 Å². The van der Waals surface area contributed by atoms with Gasteiger partial charge in [0.25, 0.3) is 11.5 Å². The monoisotopic (exact) mass is 476 g/mol. The molecule has 5 aromatic rings. The lowest BCUT2D eigenvalue weighted by atomic mass is 10.1. The van der Waals surface area contributed by atoms with E-state index in [9.17, 15) is 14.7 Å². The summed E-state index contributed by atoms with van der Waals surface area (Å²) in [6.07, 6.45) is 5.08. The first-order valence-corrected chi connectivity index (χ1v) is 11.5. The number of aromatic hydroxyl groups is 1. The fraction of sp³-hybridized carbons (Fsp3) is 0.0690. The molecule has 2 heterocycles. The number of benzene rings is 3. The van der Waals surface area contributed by atoms with Gasteiger partial charge in [0.05, 0.1) is 28.7 Å². The van der Waals surface area contributed by atoms with Crippen LogP contribution < -0.4 is 11.0 Å². The number of aryl methyl sites for hydroxylation is 2. The van der Waals surface area contributed by atoms with Crippen molar-refractivity contribution in [3.05, 3.63) is 124 Å². The molecular formula is C29H24N4O3. The van der Waals surface area contributed by atoms with Gasteiger partial charge in [0.15, 0.2) is 0 Å². The maximum absolute atomic E-state index is 13.3. The minimum absolute atomic E-state index is 0.253. The molecule has 178 valence electrons. The average Bonchev–Trinajstić information content (AvgIpc) is 3.42. The number of para-hydroxylation sites is 1. The molecule has 0 spiro atoms. The molecule has 0 aliphatic carbocycles. The van der Waals surface area contributed by atoms with Crippen molar-refractivity contribution < 1.29 is 9.90 Å². The number of amides is 1. The Morgan fingerprint density at radius 1 is 0.889 bits per heavy atom. The molecule has 0 bridgehead atoms. The number of pyridine rings is 1. The number of rotatable bonds is 5. The van der Waals surface area contributed by atoms with E-state index in [-0.39, 0.29) is 11.4 Å². The number of hydrazone groups is 1. The smallest absolute Gasteiger partial charge is 0.273 e. The molecule has 0 aliphatic rings. The van der Waals surface area contributed by atoms with Crippen molar-refractivity contribution in [2.75, 3.05) is 0 Å². The van der Waals surface area contributed by atoms with E-state index in [2.05, 4.69) is 10.5 Å². The molecule has 7 nitrogen and oxygen atoms in total. The zero-order chi connectivity index (χ0) is 25.2. The summed E-state index contributed by atoms with van der Waals surface area (Å²) in [4.78, 5) is 26.3. The molecule has 0 saturated heterocycles. The van der Waals surface area contributed by atoms with Crippen LogP contribution in [0.2, 0.25) is 0 Å². The molecule has 36 heavy (non-hydrogen) atoms. The average molecular weight is 477 g/mol. The fourth-order valence-electron chi connectivity index (χ4n) is 4.37. The Labute approximate surface area is 207 Å². The Balaban J connectivity index is 1.56. The van der Waals surface area contributed by atoms with Crippen LogP contribution in [0.1, 0.15) is 27.0 Å².